The maximum atomic E-state index is 12.0. The van der Waals surface area contributed by atoms with Crippen molar-refractivity contribution >= 4 is 27.5 Å². The Kier molecular flexibility index (Phi) is 5.49. The van der Waals surface area contributed by atoms with Crippen LogP contribution in [0.2, 0.25) is 0 Å². The minimum atomic E-state index is -4.70. The zero-order valence-electron chi connectivity index (χ0n) is 9.15. The third-order valence-electron chi connectivity index (χ3n) is 1.87. The van der Waals surface area contributed by atoms with Gasteiger partial charge in [0.1, 0.15) is 5.75 Å². The number of benzene rings is 1. The fraction of sp³-hybridized carbons (Fsp3) is 0.273. The van der Waals surface area contributed by atoms with E-state index < -0.39 is 6.36 Å². The van der Waals surface area contributed by atoms with E-state index in [1.807, 2.05) is 0 Å². The molecule has 0 unspecified atom stereocenters. The molecule has 0 bridgehead atoms. The molecule has 1 aromatic rings. The summed E-state index contributed by atoms with van der Waals surface area (Å²) in [6.07, 6.45) is -4.70. The summed E-state index contributed by atoms with van der Waals surface area (Å²) in [5.74, 6) is -0.270. The Morgan fingerprint density at radius 2 is 2.11 bits per heavy atom. The van der Waals surface area contributed by atoms with Crippen molar-refractivity contribution in [1.29, 1.82) is 0 Å². The number of hydrogen-bond donors (Lipinski definition) is 1. The van der Waals surface area contributed by atoms with Crippen molar-refractivity contribution in [2.75, 3.05) is 6.54 Å². The van der Waals surface area contributed by atoms with Gasteiger partial charge in [0.15, 0.2) is 0 Å². The number of alkyl halides is 3. The van der Waals surface area contributed by atoms with Crippen LogP contribution in [0.4, 0.5) is 13.2 Å². The molecule has 0 saturated heterocycles. The standard InChI is InChI=1S/C11H10BrClF3NO/c1-7(13)5-17-6-8-2-3-10(9(12)4-8)18-11(14,15)16/h2-4,17H,1,5-6H2. The quantitative estimate of drug-likeness (QED) is 0.865. The minimum Gasteiger partial charge on any atom is -0.405 e. The van der Waals surface area contributed by atoms with Gasteiger partial charge in [0.2, 0.25) is 0 Å². The first-order valence-electron chi connectivity index (χ1n) is 4.86. The summed E-state index contributed by atoms with van der Waals surface area (Å²) in [4.78, 5) is 0. The first-order valence-corrected chi connectivity index (χ1v) is 6.03. The first-order chi connectivity index (χ1) is 8.28. The highest BCUT2D eigenvalue weighted by molar-refractivity contribution is 9.10. The Morgan fingerprint density at radius 1 is 1.44 bits per heavy atom. The lowest BCUT2D eigenvalue weighted by Gasteiger charge is -2.11. The molecule has 0 saturated carbocycles. The summed E-state index contributed by atoms with van der Waals surface area (Å²) < 4.78 is 40.2. The number of nitrogens with one attached hydrogen (secondary N) is 1. The van der Waals surface area contributed by atoms with Gasteiger partial charge < -0.3 is 10.1 Å². The zero-order valence-corrected chi connectivity index (χ0v) is 11.5. The van der Waals surface area contributed by atoms with Gasteiger partial charge in [-0.05, 0) is 33.6 Å². The van der Waals surface area contributed by atoms with Crippen molar-refractivity contribution in [3.8, 4) is 5.75 Å². The molecule has 0 aliphatic carbocycles. The van der Waals surface area contributed by atoms with Gasteiger partial charge in [0.25, 0.3) is 0 Å². The monoisotopic (exact) mass is 343 g/mol. The molecule has 2 nitrogen and oxygen atoms in total. The smallest absolute Gasteiger partial charge is 0.405 e. The van der Waals surface area contributed by atoms with Crippen LogP contribution in [0.1, 0.15) is 5.56 Å². The van der Waals surface area contributed by atoms with Crippen LogP contribution in [0, 0.1) is 0 Å². The van der Waals surface area contributed by atoms with Gasteiger partial charge in [-0.3, -0.25) is 0 Å². The lowest BCUT2D eigenvalue weighted by Crippen LogP contribution is -2.18. The fourth-order valence-electron chi connectivity index (χ4n) is 1.20. The van der Waals surface area contributed by atoms with Crippen LogP contribution in [0.25, 0.3) is 0 Å². The summed E-state index contributed by atoms with van der Waals surface area (Å²) in [5.41, 5.74) is 0.800. The lowest BCUT2D eigenvalue weighted by atomic mass is 10.2. The second-order valence-corrected chi connectivity index (χ2v) is 4.82. The zero-order chi connectivity index (χ0) is 13.8. The molecule has 0 radical (unpaired) electrons. The van der Waals surface area contributed by atoms with E-state index in [1.54, 1.807) is 6.07 Å². The second kappa shape index (κ2) is 6.45. The van der Waals surface area contributed by atoms with Crippen molar-refractivity contribution < 1.29 is 17.9 Å². The third-order valence-corrected chi connectivity index (χ3v) is 2.62. The SMILES string of the molecule is C=C(Cl)CNCc1ccc(OC(F)(F)F)c(Br)c1. The molecule has 100 valence electrons. The summed E-state index contributed by atoms with van der Waals surface area (Å²) in [5, 5.41) is 3.44. The number of hydrogen-bond acceptors (Lipinski definition) is 2. The molecule has 18 heavy (non-hydrogen) atoms. The molecule has 0 aliphatic heterocycles. The van der Waals surface area contributed by atoms with Crippen molar-refractivity contribution in [3.63, 3.8) is 0 Å². The third kappa shape index (κ3) is 5.75. The fourth-order valence-corrected chi connectivity index (χ4v) is 1.81. The molecule has 0 aromatic heterocycles. The molecule has 1 rings (SSSR count). The van der Waals surface area contributed by atoms with Crippen molar-refractivity contribution in [3.05, 3.63) is 39.8 Å². The molecule has 0 fully saturated rings. The number of ether oxygens (including phenoxy) is 1. The van der Waals surface area contributed by atoms with Crippen LogP contribution < -0.4 is 10.1 Å². The predicted octanol–water partition coefficient (Wildman–Crippen LogP) is 4.19. The predicted molar refractivity (Wildman–Crippen MR) is 67.5 cm³/mol. The highest BCUT2D eigenvalue weighted by atomic mass is 79.9. The molecule has 0 aliphatic rings. The summed E-state index contributed by atoms with van der Waals surface area (Å²) in [6.45, 7) is 4.41. The van der Waals surface area contributed by atoms with E-state index in [-0.39, 0.29) is 10.2 Å². The van der Waals surface area contributed by atoms with Crippen LogP contribution >= 0.6 is 27.5 Å². The molecule has 0 spiro atoms. The molecule has 7 heteroatoms. The normalized spacial score (nSPS) is 11.4. The van der Waals surface area contributed by atoms with E-state index >= 15 is 0 Å². The van der Waals surface area contributed by atoms with Crippen LogP contribution in [0.3, 0.4) is 0 Å². The summed E-state index contributed by atoms with van der Waals surface area (Å²) in [6, 6.07) is 4.34. The highest BCUT2D eigenvalue weighted by Gasteiger charge is 2.31. The topological polar surface area (TPSA) is 21.3 Å². The Hall–Kier alpha value is -0.720. The van der Waals surface area contributed by atoms with Crippen LogP contribution in [0.5, 0.6) is 5.75 Å². The molecular weight excluding hydrogens is 334 g/mol. The Bertz CT molecular complexity index is 437. The van der Waals surface area contributed by atoms with Crippen LogP contribution in [0.15, 0.2) is 34.3 Å². The molecule has 0 amide bonds. The van der Waals surface area contributed by atoms with Crippen LogP contribution in [-0.2, 0) is 6.54 Å². The largest absolute Gasteiger partial charge is 0.573 e. The Morgan fingerprint density at radius 3 is 2.61 bits per heavy atom. The van der Waals surface area contributed by atoms with E-state index in [9.17, 15) is 13.2 Å². The van der Waals surface area contributed by atoms with Gasteiger partial charge >= 0.3 is 6.36 Å². The van der Waals surface area contributed by atoms with E-state index in [0.717, 1.165) is 5.56 Å². The van der Waals surface area contributed by atoms with Gasteiger partial charge in [-0.2, -0.15) is 0 Å². The molecular formula is C11H10BrClF3NO. The average molecular weight is 345 g/mol. The molecule has 0 heterocycles. The van der Waals surface area contributed by atoms with Gasteiger partial charge in [0, 0.05) is 18.1 Å². The van der Waals surface area contributed by atoms with E-state index in [4.69, 9.17) is 11.6 Å². The second-order valence-electron chi connectivity index (χ2n) is 3.43. The average Bonchev–Trinajstić information content (AvgIpc) is 2.19. The van der Waals surface area contributed by atoms with E-state index in [0.29, 0.717) is 18.1 Å². The van der Waals surface area contributed by atoms with Crippen molar-refractivity contribution in [2.24, 2.45) is 0 Å². The van der Waals surface area contributed by atoms with Crippen molar-refractivity contribution in [2.45, 2.75) is 12.9 Å². The van der Waals surface area contributed by atoms with Crippen LogP contribution in [-0.4, -0.2) is 12.9 Å². The molecule has 0 atom stereocenters. The maximum absolute atomic E-state index is 12.0. The maximum Gasteiger partial charge on any atom is 0.573 e. The Labute approximate surface area is 116 Å². The Balaban J connectivity index is 2.64. The van der Waals surface area contributed by atoms with Gasteiger partial charge in [0.05, 0.1) is 4.47 Å². The molecule has 1 aromatic carbocycles. The van der Waals surface area contributed by atoms with Gasteiger partial charge in [-0.1, -0.05) is 24.2 Å². The summed E-state index contributed by atoms with van der Waals surface area (Å²) >= 11 is 8.59. The first kappa shape index (κ1) is 15.3. The summed E-state index contributed by atoms with van der Waals surface area (Å²) in [7, 11) is 0. The van der Waals surface area contributed by atoms with E-state index in [1.165, 1.54) is 12.1 Å². The number of rotatable bonds is 5. The van der Waals surface area contributed by atoms with Gasteiger partial charge in [-0.15, -0.1) is 13.2 Å². The lowest BCUT2D eigenvalue weighted by molar-refractivity contribution is -0.274. The van der Waals surface area contributed by atoms with E-state index in [2.05, 4.69) is 32.6 Å². The minimum absolute atomic E-state index is 0.240. The molecule has 1 N–H and O–H groups in total. The van der Waals surface area contributed by atoms with Gasteiger partial charge in [-0.25, -0.2) is 0 Å². The van der Waals surface area contributed by atoms with Crippen molar-refractivity contribution in [1.82, 2.24) is 5.32 Å². The number of halogens is 5. The highest BCUT2D eigenvalue weighted by Crippen LogP contribution is 2.30.